The van der Waals surface area contributed by atoms with Crippen LogP contribution in [0, 0.1) is 0 Å². The molecule has 0 saturated carbocycles. The number of hydrogen-bond donors (Lipinski definition) is 1. The number of benzene rings is 1. The predicted octanol–water partition coefficient (Wildman–Crippen LogP) is 1.75. The maximum Gasteiger partial charge on any atom is 0.251 e. The molecule has 1 fully saturated rings. The van der Waals surface area contributed by atoms with Crippen LogP contribution in [0.4, 0.5) is 0 Å². The van der Waals surface area contributed by atoms with Gasteiger partial charge >= 0.3 is 0 Å². The average molecular weight is 305 g/mol. The second-order valence-corrected chi connectivity index (χ2v) is 6.13. The Morgan fingerprint density at radius 1 is 1.48 bits per heavy atom. The van der Waals surface area contributed by atoms with Crippen molar-refractivity contribution in [3.63, 3.8) is 0 Å². The van der Waals surface area contributed by atoms with Gasteiger partial charge in [-0.1, -0.05) is 0 Å². The maximum atomic E-state index is 12.2. The average Bonchev–Trinajstić information content (AvgIpc) is 3.00. The smallest absolute Gasteiger partial charge is 0.251 e. The number of carbonyl (C=O) groups excluding carboxylic acids is 1. The summed E-state index contributed by atoms with van der Waals surface area (Å²) < 4.78 is 6.39. The molecule has 0 radical (unpaired) electrons. The molecular formula is C15H19N3O2S. The van der Waals surface area contributed by atoms with Crippen molar-refractivity contribution >= 4 is 27.5 Å². The number of hydrogen-bond acceptors (Lipinski definition) is 5. The highest BCUT2D eigenvalue weighted by Gasteiger charge is 2.17. The molecule has 2 heterocycles. The van der Waals surface area contributed by atoms with Gasteiger partial charge in [0, 0.05) is 31.2 Å². The molecule has 0 bridgehead atoms. The molecule has 3 rings (SSSR count). The fraction of sp³-hybridized carbons (Fsp3) is 0.467. The second-order valence-electron chi connectivity index (χ2n) is 5.24. The Kier molecular flexibility index (Phi) is 4.48. The summed E-state index contributed by atoms with van der Waals surface area (Å²) >= 11 is 1.55. The number of ether oxygens (including phenoxy) is 1. The molecule has 1 aliphatic rings. The van der Waals surface area contributed by atoms with E-state index in [9.17, 15) is 4.79 Å². The zero-order valence-electron chi connectivity index (χ0n) is 12.0. The van der Waals surface area contributed by atoms with Crippen LogP contribution >= 0.6 is 11.3 Å². The third-order valence-corrected chi connectivity index (χ3v) is 4.61. The number of morpholine rings is 1. The molecule has 0 unspecified atom stereocenters. The summed E-state index contributed by atoms with van der Waals surface area (Å²) in [5.74, 6) is -0.0228. The lowest BCUT2D eigenvalue weighted by molar-refractivity contribution is 0.0204. The van der Waals surface area contributed by atoms with Crippen LogP contribution in [0.5, 0.6) is 0 Å². The van der Waals surface area contributed by atoms with E-state index in [0.29, 0.717) is 18.2 Å². The minimum Gasteiger partial charge on any atom is -0.379 e. The SMILES string of the molecule is C[C@H](CNC(=O)c1ccc2ncsc2c1)N1CCOCC1. The number of nitrogens with one attached hydrogen (secondary N) is 1. The Hall–Kier alpha value is -1.50. The van der Waals surface area contributed by atoms with Crippen LogP contribution in [0.1, 0.15) is 17.3 Å². The zero-order valence-corrected chi connectivity index (χ0v) is 12.9. The van der Waals surface area contributed by atoms with E-state index in [2.05, 4.69) is 22.1 Å². The molecule has 1 amide bonds. The highest BCUT2D eigenvalue weighted by atomic mass is 32.1. The minimum absolute atomic E-state index is 0.0228. The van der Waals surface area contributed by atoms with Gasteiger partial charge in [-0.05, 0) is 25.1 Å². The van der Waals surface area contributed by atoms with Gasteiger partial charge in [-0.15, -0.1) is 11.3 Å². The van der Waals surface area contributed by atoms with Crippen molar-refractivity contribution in [2.75, 3.05) is 32.8 Å². The Bertz CT molecular complexity index is 622. The molecule has 0 aliphatic carbocycles. The first-order valence-corrected chi connectivity index (χ1v) is 8.05. The summed E-state index contributed by atoms with van der Waals surface area (Å²) in [5, 5.41) is 3.02. The Labute approximate surface area is 127 Å². The number of rotatable bonds is 4. The van der Waals surface area contributed by atoms with E-state index >= 15 is 0 Å². The third kappa shape index (κ3) is 3.40. The molecule has 2 aromatic rings. The molecule has 112 valence electrons. The summed E-state index contributed by atoms with van der Waals surface area (Å²) in [4.78, 5) is 18.8. The molecule has 1 aliphatic heterocycles. The van der Waals surface area contributed by atoms with Gasteiger partial charge in [0.2, 0.25) is 0 Å². The van der Waals surface area contributed by atoms with Crippen LogP contribution in [-0.4, -0.2) is 54.7 Å². The van der Waals surface area contributed by atoms with Crippen LogP contribution in [0.2, 0.25) is 0 Å². The molecule has 1 N–H and O–H groups in total. The van der Waals surface area contributed by atoms with Crippen LogP contribution in [0.25, 0.3) is 10.2 Å². The lowest BCUT2D eigenvalue weighted by Crippen LogP contribution is -2.47. The number of aromatic nitrogens is 1. The van der Waals surface area contributed by atoms with Gasteiger partial charge in [0.15, 0.2) is 0 Å². The van der Waals surface area contributed by atoms with Crippen molar-refractivity contribution in [1.29, 1.82) is 0 Å². The maximum absolute atomic E-state index is 12.2. The van der Waals surface area contributed by atoms with Gasteiger partial charge < -0.3 is 10.1 Å². The monoisotopic (exact) mass is 305 g/mol. The van der Waals surface area contributed by atoms with E-state index in [1.165, 1.54) is 0 Å². The van der Waals surface area contributed by atoms with Crippen molar-refractivity contribution < 1.29 is 9.53 Å². The summed E-state index contributed by atoms with van der Waals surface area (Å²) in [6, 6.07) is 5.95. The largest absolute Gasteiger partial charge is 0.379 e. The summed E-state index contributed by atoms with van der Waals surface area (Å²) in [5.41, 5.74) is 3.44. The van der Waals surface area contributed by atoms with E-state index in [0.717, 1.165) is 36.5 Å². The summed E-state index contributed by atoms with van der Waals surface area (Å²) in [7, 11) is 0. The van der Waals surface area contributed by atoms with Crippen LogP contribution in [-0.2, 0) is 4.74 Å². The standard InChI is InChI=1S/C15H19N3O2S/c1-11(18-4-6-20-7-5-18)9-16-15(19)12-2-3-13-14(8-12)21-10-17-13/h2-3,8,10-11H,4-7,9H2,1H3,(H,16,19)/t11-/m1/s1. The van der Waals surface area contributed by atoms with Crippen molar-refractivity contribution in [3.8, 4) is 0 Å². The van der Waals surface area contributed by atoms with E-state index in [-0.39, 0.29) is 5.91 Å². The van der Waals surface area contributed by atoms with Crippen molar-refractivity contribution in [2.24, 2.45) is 0 Å². The number of carbonyl (C=O) groups is 1. The molecule has 6 heteroatoms. The van der Waals surface area contributed by atoms with Gasteiger partial charge in [-0.3, -0.25) is 9.69 Å². The molecule has 1 saturated heterocycles. The molecule has 1 aromatic heterocycles. The van der Waals surface area contributed by atoms with Gasteiger partial charge in [0.25, 0.3) is 5.91 Å². The lowest BCUT2D eigenvalue weighted by Gasteiger charge is -2.32. The first-order valence-electron chi connectivity index (χ1n) is 7.17. The van der Waals surface area contributed by atoms with Crippen LogP contribution in [0.3, 0.4) is 0 Å². The molecule has 1 atom stereocenters. The Morgan fingerprint density at radius 2 is 2.29 bits per heavy atom. The molecule has 21 heavy (non-hydrogen) atoms. The van der Waals surface area contributed by atoms with E-state index in [1.54, 1.807) is 16.8 Å². The Balaban J connectivity index is 1.57. The summed E-state index contributed by atoms with van der Waals surface area (Å²) in [6.45, 7) is 6.21. The van der Waals surface area contributed by atoms with E-state index < -0.39 is 0 Å². The van der Waals surface area contributed by atoms with Crippen molar-refractivity contribution in [3.05, 3.63) is 29.3 Å². The van der Waals surface area contributed by atoms with E-state index in [4.69, 9.17) is 4.74 Å². The molecule has 0 spiro atoms. The number of nitrogens with zero attached hydrogens (tertiary/aromatic N) is 2. The fourth-order valence-electron chi connectivity index (χ4n) is 2.49. The van der Waals surface area contributed by atoms with Gasteiger partial charge in [-0.25, -0.2) is 4.98 Å². The number of thiazole rings is 1. The van der Waals surface area contributed by atoms with E-state index in [1.807, 2.05) is 18.2 Å². The van der Waals surface area contributed by atoms with Crippen LogP contribution in [0.15, 0.2) is 23.7 Å². The highest BCUT2D eigenvalue weighted by molar-refractivity contribution is 7.16. The topological polar surface area (TPSA) is 54.5 Å². The Morgan fingerprint density at radius 3 is 3.10 bits per heavy atom. The van der Waals surface area contributed by atoms with Gasteiger partial charge in [-0.2, -0.15) is 0 Å². The second kappa shape index (κ2) is 6.51. The molecule has 1 aromatic carbocycles. The third-order valence-electron chi connectivity index (χ3n) is 3.82. The normalized spacial score (nSPS) is 17.8. The predicted molar refractivity (Wildman–Crippen MR) is 83.8 cm³/mol. The van der Waals surface area contributed by atoms with Gasteiger partial charge in [0.05, 0.1) is 28.9 Å². The zero-order chi connectivity index (χ0) is 14.7. The van der Waals surface area contributed by atoms with Gasteiger partial charge in [0.1, 0.15) is 0 Å². The molecular weight excluding hydrogens is 286 g/mol. The fourth-order valence-corrected chi connectivity index (χ4v) is 3.20. The quantitative estimate of drug-likeness (QED) is 0.935. The summed E-state index contributed by atoms with van der Waals surface area (Å²) in [6.07, 6.45) is 0. The number of amides is 1. The van der Waals surface area contributed by atoms with Crippen LogP contribution < -0.4 is 5.32 Å². The van der Waals surface area contributed by atoms with Crippen molar-refractivity contribution in [2.45, 2.75) is 13.0 Å². The first-order chi connectivity index (χ1) is 10.2. The minimum atomic E-state index is -0.0228. The number of fused-ring (bicyclic) bond motifs is 1. The van der Waals surface area contributed by atoms with Crippen molar-refractivity contribution in [1.82, 2.24) is 15.2 Å². The first kappa shape index (κ1) is 14.4. The lowest BCUT2D eigenvalue weighted by atomic mass is 10.2. The highest BCUT2D eigenvalue weighted by Crippen LogP contribution is 2.19. The molecule has 5 nitrogen and oxygen atoms in total.